The summed E-state index contributed by atoms with van der Waals surface area (Å²) >= 11 is 0. The van der Waals surface area contributed by atoms with Crippen molar-refractivity contribution in [3.05, 3.63) is 42.0 Å². The van der Waals surface area contributed by atoms with E-state index in [0.29, 0.717) is 0 Å². The average Bonchev–Trinajstić information content (AvgIpc) is 2.37. The smallest absolute Gasteiger partial charge is 0.311 e. The molecule has 1 atom stereocenters. The quantitative estimate of drug-likeness (QED) is 0.910. The van der Waals surface area contributed by atoms with Crippen LogP contribution in [0.25, 0.3) is 10.8 Å². The zero-order chi connectivity index (χ0) is 14.0. The predicted molar refractivity (Wildman–Crippen MR) is 75.7 cm³/mol. The van der Waals surface area contributed by atoms with E-state index in [4.69, 9.17) is 4.74 Å². The van der Waals surface area contributed by atoms with Crippen LogP contribution in [0.5, 0.6) is 5.75 Å². The average molecular weight is 258 g/mol. The van der Waals surface area contributed by atoms with Gasteiger partial charge in [-0.05, 0) is 34.4 Å². The monoisotopic (exact) mass is 258 g/mol. The molecule has 0 heterocycles. The van der Waals surface area contributed by atoms with E-state index in [1.807, 2.05) is 50.2 Å². The number of methoxy groups -OCH3 is 1. The zero-order valence-corrected chi connectivity index (χ0v) is 11.4. The van der Waals surface area contributed by atoms with Crippen molar-refractivity contribution in [1.82, 2.24) is 0 Å². The third-order valence-corrected chi connectivity index (χ3v) is 3.36. The van der Waals surface area contributed by atoms with Crippen molar-refractivity contribution in [2.75, 3.05) is 7.11 Å². The van der Waals surface area contributed by atoms with E-state index in [1.165, 1.54) is 0 Å². The minimum Gasteiger partial charge on any atom is -0.497 e. The summed E-state index contributed by atoms with van der Waals surface area (Å²) < 4.78 is 5.18. The summed E-state index contributed by atoms with van der Waals surface area (Å²) in [5.41, 5.74) is 0.847. The van der Waals surface area contributed by atoms with Gasteiger partial charge in [-0.15, -0.1) is 0 Å². The number of hydrogen-bond acceptors (Lipinski definition) is 2. The zero-order valence-electron chi connectivity index (χ0n) is 11.4. The Labute approximate surface area is 112 Å². The molecule has 0 aliphatic heterocycles. The van der Waals surface area contributed by atoms with Crippen LogP contribution in [-0.4, -0.2) is 18.2 Å². The van der Waals surface area contributed by atoms with Crippen LogP contribution in [0.3, 0.4) is 0 Å². The van der Waals surface area contributed by atoms with Crippen LogP contribution in [0.15, 0.2) is 36.4 Å². The molecule has 3 heteroatoms. The first-order chi connectivity index (χ1) is 9.02. The Kier molecular flexibility index (Phi) is 3.74. The van der Waals surface area contributed by atoms with E-state index in [2.05, 4.69) is 0 Å². The number of aliphatic carboxylic acids is 1. The molecule has 0 aliphatic rings. The van der Waals surface area contributed by atoms with Gasteiger partial charge in [0.2, 0.25) is 0 Å². The lowest BCUT2D eigenvalue weighted by Crippen LogP contribution is -2.17. The fourth-order valence-electron chi connectivity index (χ4n) is 2.38. The maximum absolute atomic E-state index is 11.4. The number of fused-ring (bicyclic) bond motifs is 1. The molecular formula is C16H18O3. The Balaban J connectivity index is 2.49. The number of hydrogen-bond donors (Lipinski definition) is 1. The molecule has 1 N–H and O–H groups in total. The van der Waals surface area contributed by atoms with Gasteiger partial charge in [-0.1, -0.05) is 38.1 Å². The number of rotatable bonds is 4. The van der Waals surface area contributed by atoms with Gasteiger partial charge in [0.1, 0.15) is 5.75 Å². The highest BCUT2D eigenvalue weighted by Crippen LogP contribution is 2.29. The molecule has 0 bridgehead atoms. The van der Waals surface area contributed by atoms with E-state index < -0.39 is 11.9 Å². The van der Waals surface area contributed by atoms with E-state index >= 15 is 0 Å². The van der Waals surface area contributed by atoms with Crippen LogP contribution >= 0.6 is 0 Å². The van der Waals surface area contributed by atoms with Crippen LogP contribution in [0.2, 0.25) is 0 Å². The van der Waals surface area contributed by atoms with E-state index in [-0.39, 0.29) is 5.92 Å². The number of carbonyl (C=O) groups is 1. The van der Waals surface area contributed by atoms with Gasteiger partial charge in [0.05, 0.1) is 13.0 Å². The lowest BCUT2D eigenvalue weighted by Gasteiger charge is -2.17. The Morgan fingerprint density at radius 2 is 1.74 bits per heavy atom. The largest absolute Gasteiger partial charge is 0.497 e. The number of benzene rings is 2. The molecule has 1 unspecified atom stereocenters. The molecule has 2 aromatic carbocycles. The molecule has 0 spiro atoms. The van der Waals surface area contributed by atoms with Gasteiger partial charge in [0.15, 0.2) is 0 Å². The summed E-state index contributed by atoms with van der Waals surface area (Å²) in [4.78, 5) is 11.4. The van der Waals surface area contributed by atoms with Gasteiger partial charge in [-0.2, -0.15) is 0 Å². The van der Waals surface area contributed by atoms with Gasteiger partial charge in [0.25, 0.3) is 0 Å². The summed E-state index contributed by atoms with van der Waals surface area (Å²) in [5.74, 6) is -0.374. The van der Waals surface area contributed by atoms with Crippen LogP contribution in [0.4, 0.5) is 0 Å². The van der Waals surface area contributed by atoms with Gasteiger partial charge in [-0.25, -0.2) is 0 Å². The fourth-order valence-corrected chi connectivity index (χ4v) is 2.38. The molecule has 0 saturated carbocycles. The summed E-state index contributed by atoms with van der Waals surface area (Å²) in [5, 5.41) is 11.4. The van der Waals surface area contributed by atoms with E-state index in [1.54, 1.807) is 7.11 Å². The second kappa shape index (κ2) is 5.31. The molecule has 0 radical (unpaired) electrons. The molecule has 0 aromatic heterocycles. The lowest BCUT2D eigenvalue weighted by molar-refractivity contribution is -0.139. The highest BCUT2D eigenvalue weighted by atomic mass is 16.5. The minimum atomic E-state index is -0.775. The summed E-state index contributed by atoms with van der Waals surface area (Å²) in [6.07, 6.45) is 0. The standard InChI is InChI=1S/C16H18O3/c1-10(2)15(16(17)18)13-5-4-12-9-14(19-3)7-6-11(12)8-13/h4-10,15H,1-3H3,(H,17,18). The SMILES string of the molecule is COc1ccc2cc(C(C(=O)O)C(C)C)ccc2c1. The van der Waals surface area contributed by atoms with Crippen molar-refractivity contribution in [2.24, 2.45) is 5.92 Å². The molecule has 0 saturated heterocycles. The van der Waals surface area contributed by atoms with Crippen molar-refractivity contribution in [2.45, 2.75) is 19.8 Å². The first-order valence-electron chi connectivity index (χ1n) is 6.33. The van der Waals surface area contributed by atoms with Crippen LogP contribution in [0, 0.1) is 5.92 Å². The van der Waals surface area contributed by atoms with Crippen molar-refractivity contribution in [3.8, 4) is 5.75 Å². The minimum absolute atomic E-state index is 0.0631. The Morgan fingerprint density at radius 3 is 2.32 bits per heavy atom. The van der Waals surface area contributed by atoms with Crippen molar-refractivity contribution >= 4 is 16.7 Å². The number of carboxylic acid groups (broad SMARTS) is 1. The van der Waals surface area contributed by atoms with Gasteiger partial charge < -0.3 is 9.84 Å². The second-order valence-corrected chi connectivity index (χ2v) is 5.03. The molecule has 19 heavy (non-hydrogen) atoms. The van der Waals surface area contributed by atoms with Crippen molar-refractivity contribution in [3.63, 3.8) is 0 Å². The molecule has 3 nitrogen and oxygen atoms in total. The Hall–Kier alpha value is -2.03. The van der Waals surface area contributed by atoms with Crippen LogP contribution in [-0.2, 0) is 4.79 Å². The summed E-state index contributed by atoms with van der Waals surface area (Å²) in [7, 11) is 1.63. The topological polar surface area (TPSA) is 46.5 Å². The van der Waals surface area contributed by atoms with Gasteiger partial charge >= 0.3 is 5.97 Å². The fraction of sp³-hybridized carbons (Fsp3) is 0.312. The molecule has 2 rings (SSSR count). The summed E-state index contributed by atoms with van der Waals surface area (Å²) in [6, 6.07) is 11.6. The molecule has 100 valence electrons. The first-order valence-corrected chi connectivity index (χ1v) is 6.33. The second-order valence-electron chi connectivity index (χ2n) is 5.03. The maximum Gasteiger partial charge on any atom is 0.311 e. The van der Waals surface area contributed by atoms with E-state index in [0.717, 1.165) is 22.1 Å². The highest BCUT2D eigenvalue weighted by molar-refractivity contribution is 5.86. The lowest BCUT2D eigenvalue weighted by atomic mass is 9.87. The van der Waals surface area contributed by atoms with Gasteiger partial charge in [-0.3, -0.25) is 4.79 Å². The molecule has 0 fully saturated rings. The van der Waals surface area contributed by atoms with Gasteiger partial charge in [0, 0.05) is 0 Å². The Morgan fingerprint density at radius 1 is 1.11 bits per heavy atom. The van der Waals surface area contributed by atoms with Crippen molar-refractivity contribution < 1.29 is 14.6 Å². The molecule has 0 amide bonds. The summed E-state index contributed by atoms with van der Waals surface area (Å²) in [6.45, 7) is 3.86. The maximum atomic E-state index is 11.4. The molecular weight excluding hydrogens is 240 g/mol. The number of ether oxygens (including phenoxy) is 1. The number of carboxylic acids is 1. The Bertz CT molecular complexity index is 602. The normalized spacial score (nSPS) is 12.6. The van der Waals surface area contributed by atoms with Crippen molar-refractivity contribution in [1.29, 1.82) is 0 Å². The third-order valence-electron chi connectivity index (χ3n) is 3.36. The first kappa shape index (κ1) is 13.4. The predicted octanol–water partition coefficient (Wildman–Crippen LogP) is 3.67. The molecule has 2 aromatic rings. The third kappa shape index (κ3) is 2.70. The van der Waals surface area contributed by atoms with Crippen LogP contribution in [0.1, 0.15) is 25.3 Å². The van der Waals surface area contributed by atoms with Crippen LogP contribution < -0.4 is 4.74 Å². The highest BCUT2D eigenvalue weighted by Gasteiger charge is 2.23. The van der Waals surface area contributed by atoms with E-state index in [9.17, 15) is 9.90 Å². The molecule has 0 aliphatic carbocycles.